The van der Waals surface area contributed by atoms with E-state index in [4.69, 9.17) is 8.85 Å². The summed E-state index contributed by atoms with van der Waals surface area (Å²) in [6.07, 6.45) is 1.18. The van der Waals surface area contributed by atoms with Gasteiger partial charge in [-0.25, -0.2) is 0 Å². The average molecular weight is 206 g/mol. The van der Waals surface area contributed by atoms with Crippen LogP contribution in [0, 0.1) is 5.41 Å². The van der Waals surface area contributed by atoms with E-state index in [0.29, 0.717) is 0 Å². The van der Waals surface area contributed by atoms with Crippen LogP contribution in [0.15, 0.2) is 0 Å². The molecule has 0 aromatic carbocycles. The molecule has 0 aliphatic heterocycles. The fourth-order valence-corrected chi connectivity index (χ4v) is 2.86. The molecule has 4 heteroatoms. The quantitative estimate of drug-likeness (QED) is 0.478. The number of rotatable bonds is 6. The maximum absolute atomic E-state index is 5.69. The van der Waals surface area contributed by atoms with Gasteiger partial charge < -0.3 is 8.85 Å². The van der Waals surface area contributed by atoms with E-state index < -0.39 is 0 Å². The molecule has 0 unspecified atom stereocenters. The lowest BCUT2D eigenvalue weighted by Gasteiger charge is -2.33. The maximum Gasteiger partial charge on any atom is 0.161 e. The number of hydrogen-bond acceptors (Lipinski definition) is 2. The summed E-state index contributed by atoms with van der Waals surface area (Å²) in [5.41, 5.74) is 0.187. The smallest absolute Gasteiger partial charge is 0.161 e. The molecule has 0 radical (unpaired) electrons. The lowest BCUT2D eigenvalue weighted by molar-refractivity contribution is -0.0799. The minimum Gasteiger partial charge on any atom is -0.400 e. The molecule has 0 saturated carbocycles. The first-order valence-corrected chi connectivity index (χ1v) is 8.80. The zero-order valence-electron chi connectivity index (χ0n) is 9.02. The summed E-state index contributed by atoms with van der Waals surface area (Å²) in [5, 5.41) is 0. The van der Waals surface area contributed by atoms with Crippen molar-refractivity contribution in [2.24, 2.45) is 5.41 Å². The Morgan fingerprint density at radius 2 is 1.58 bits per heavy atom. The lowest BCUT2D eigenvalue weighted by Crippen LogP contribution is -2.35. The van der Waals surface area contributed by atoms with Crippen LogP contribution in [0.2, 0.25) is 13.1 Å². The second-order valence-electron chi connectivity index (χ2n) is 3.58. The molecule has 0 aromatic rings. The van der Waals surface area contributed by atoms with Crippen LogP contribution in [0.1, 0.15) is 27.2 Å². The van der Waals surface area contributed by atoms with Gasteiger partial charge in [0.1, 0.15) is 6.29 Å². The first kappa shape index (κ1) is 12.4. The van der Waals surface area contributed by atoms with Crippen molar-refractivity contribution in [2.45, 2.75) is 46.6 Å². The highest BCUT2D eigenvalue weighted by Gasteiger charge is 2.27. The van der Waals surface area contributed by atoms with E-state index in [9.17, 15) is 0 Å². The molecule has 0 aliphatic rings. The molecular weight excluding hydrogens is 184 g/mol. The number of hydrogen-bond donors (Lipinski definition) is 0. The highest BCUT2D eigenvalue weighted by Crippen LogP contribution is 2.27. The summed E-state index contributed by atoms with van der Waals surface area (Å²) < 4.78 is 11.4. The van der Waals surface area contributed by atoms with Crippen LogP contribution in [0.3, 0.4) is 0 Å². The average Bonchev–Trinajstić information content (AvgIpc) is 2.04. The molecular formula is C8H22O2Si2. The highest BCUT2D eigenvalue weighted by atomic mass is 28.2. The van der Waals surface area contributed by atoms with Gasteiger partial charge in [-0.2, -0.15) is 0 Å². The molecule has 0 aliphatic carbocycles. The minimum atomic E-state index is -0.346. The Labute approximate surface area is 80.9 Å². The van der Waals surface area contributed by atoms with Gasteiger partial charge in [0.05, 0.1) is 0 Å². The summed E-state index contributed by atoms with van der Waals surface area (Å²) in [5.74, 6) is 0. The van der Waals surface area contributed by atoms with Gasteiger partial charge in [-0.15, -0.1) is 0 Å². The molecule has 0 saturated heterocycles. The first-order chi connectivity index (χ1) is 5.58. The molecule has 74 valence electrons. The van der Waals surface area contributed by atoms with Gasteiger partial charge >= 0.3 is 0 Å². The Morgan fingerprint density at radius 3 is 1.83 bits per heavy atom. The molecule has 0 spiro atoms. The van der Waals surface area contributed by atoms with Gasteiger partial charge in [-0.05, 0) is 6.42 Å². The van der Waals surface area contributed by atoms with Crippen molar-refractivity contribution in [3.63, 3.8) is 0 Å². The van der Waals surface area contributed by atoms with Gasteiger partial charge in [0.2, 0.25) is 0 Å². The second kappa shape index (κ2) is 5.91. The third kappa shape index (κ3) is 3.84. The van der Waals surface area contributed by atoms with Crippen molar-refractivity contribution in [1.82, 2.24) is 0 Å². The van der Waals surface area contributed by atoms with Crippen LogP contribution in [0.25, 0.3) is 0 Å². The zero-order valence-corrected chi connectivity index (χ0v) is 11.8. The summed E-state index contributed by atoms with van der Waals surface area (Å²) >= 11 is 0. The van der Waals surface area contributed by atoms with Crippen LogP contribution in [-0.2, 0) is 8.85 Å². The zero-order chi connectivity index (χ0) is 9.61. The van der Waals surface area contributed by atoms with Crippen molar-refractivity contribution in [1.29, 1.82) is 0 Å². The summed E-state index contributed by atoms with van der Waals surface area (Å²) in [6.45, 7) is 10.9. The van der Waals surface area contributed by atoms with Gasteiger partial charge in [0.25, 0.3) is 0 Å². The molecule has 0 rings (SSSR count). The van der Waals surface area contributed by atoms with E-state index in [-0.39, 0.29) is 31.2 Å². The van der Waals surface area contributed by atoms with Crippen LogP contribution < -0.4 is 0 Å². The van der Waals surface area contributed by atoms with E-state index >= 15 is 0 Å². The van der Waals surface area contributed by atoms with Crippen LogP contribution in [0.5, 0.6) is 0 Å². The molecule has 0 aromatic heterocycles. The topological polar surface area (TPSA) is 18.5 Å². The fraction of sp³-hybridized carbons (Fsp3) is 1.00. The Morgan fingerprint density at radius 1 is 1.17 bits per heavy atom. The minimum absolute atomic E-state index is 0.0656. The SMILES string of the molecule is CCC(C)(C)C(O[SiH2]C)O[SiH2]C. The summed E-state index contributed by atoms with van der Waals surface area (Å²) in [6, 6.07) is 0. The maximum atomic E-state index is 5.69. The van der Waals surface area contributed by atoms with Crippen molar-refractivity contribution in [2.75, 3.05) is 0 Å². The van der Waals surface area contributed by atoms with Gasteiger partial charge in [0.15, 0.2) is 19.5 Å². The van der Waals surface area contributed by atoms with Gasteiger partial charge in [0, 0.05) is 5.41 Å². The summed E-state index contributed by atoms with van der Waals surface area (Å²) in [7, 11) is -0.691. The van der Waals surface area contributed by atoms with Crippen LogP contribution >= 0.6 is 0 Å². The van der Waals surface area contributed by atoms with E-state index in [2.05, 4.69) is 33.9 Å². The largest absolute Gasteiger partial charge is 0.400 e. The second-order valence-corrected chi connectivity index (χ2v) is 5.41. The molecule has 12 heavy (non-hydrogen) atoms. The molecule has 0 bridgehead atoms. The molecule has 0 amide bonds. The van der Waals surface area contributed by atoms with Gasteiger partial charge in [-0.3, -0.25) is 0 Å². The van der Waals surface area contributed by atoms with Crippen molar-refractivity contribution < 1.29 is 8.85 Å². The molecule has 0 fully saturated rings. The normalized spacial score (nSPS) is 16.8. The molecule has 2 nitrogen and oxygen atoms in total. The lowest BCUT2D eigenvalue weighted by atomic mass is 9.90. The van der Waals surface area contributed by atoms with Crippen molar-refractivity contribution in [3.05, 3.63) is 0 Å². The van der Waals surface area contributed by atoms with Crippen LogP contribution in [-0.4, -0.2) is 25.8 Å². The Balaban J connectivity index is 4.07. The van der Waals surface area contributed by atoms with E-state index in [0.717, 1.165) is 6.42 Å². The monoisotopic (exact) mass is 206 g/mol. The standard InChI is InChI=1S/C8H22O2Si2/c1-6-8(2,3)7(9-11-4)10-12-5/h7H,6,11-12H2,1-5H3. The molecule has 0 heterocycles. The Hall–Kier alpha value is 0.354. The molecule has 0 N–H and O–H groups in total. The predicted molar refractivity (Wildman–Crippen MR) is 58.8 cm³/mol. The van der Waals surface area contributed by atoms with Crippen LogP contribution in [0.4, 0.5) is 0 Å². The highest BCUT2D eigenvalue weighted by molar-refractivity contribution is 6.26. The molecule has 0 atom stereocenters. The predicted octanol–water partition coefficient (Wildman–Crippen LogP) is 1.05. The summed E-state index contributed by atoms with van der Waals surface area (Å²) in [4.78, 5) is 0. The fourth-order valence-electron chi connectivity index (χ4n) is 0.969. The van der Waals surface area contributed by atoms with Crippen molar-refractivity contribution >= 4 is 19.5 Å². The van der Waals surface area contributed by atoms with Gasteiger partial charge in [-0.1, -0.05) is 33.9 Å². The van der Waals surface area contributed by atoms with E-state index in [1.165, 1.54) is 0 Å². The third-order valence-electron chi connectivity index (χ3n) is 2.19. The van der Waals surface area contributed by atoms with E-state index in [1.807, 2.05) is 0 Å². The Bertz CT molecular complexity index is 112. The Kier molecular flexibility index (Phi) is 6.08. The van der Waals surface area contributed by atoms with E-state index in [1.54, 1.807) is 0 Å². The third-order valence-corrected chi connectivity index (χ3v) is 3.46. The van der Waals surface area contributed by atoms with Crippen molar-refractivity contribution in [3.8, 4) is 0 Å². The first-order valence-electron chi connectivity index (χ1n) is 4.81.